The highest BCUT2D eigenvalue weighted by Crippen LogP contribution is 2.40. The van der Waals surface area contributed by atoms with Gasteiger partial charge in [0.25, 0.3) is 0 Å². The molecule has 1 aromatic heterocycles. The molecule has 1 aromatic carbocycles. The first-order chi connectivity index (χ1) is 13.6. The SMILES string of the molecule is CC1CC(=O)NC(n2nc(C3CC3)cc2NC(=O)CSCc2ccccc2)N1. The predicted molar refractivity (Wildman–Crippen MR) is 110 cm³/mol. The highest BCUT2D eigenvalue weighted by atomic mass is 32.2. The van der Waals surface area contributed by atoms with Crippen LogP contribution in [-0.4, -0.2) is 33.4 Å². The van der Waals surface area contributed by atoms with Crippen LogP contribution in [0.4, 0.5) is 5.82 Å². The minimum atomic E-state index is -0.448. The van der Waals surface area contributed by atoms with Crippen LogP contribution < -0.4 is 16.0 Å². The Morgan fingerprint density at radius 1 is 1.32 bits per heavy atom. The highest BCUT2D eigenvalue weighted by Gasteiger charge is 2.31. The zero-order valence-corrected chi connectivity index (χ0v) is 16.7. The van der Waals surface area contributed by atoms with Crippen molar-refractivity contribution in [3.8, 4) is 0 Å². The first kappa shape index (κ1) is 19.0. The summed E-state index contributed by atoms with van der Waals surface area (Å²) < 4.78 is 1.70. The van der Waals surface area contributed by atoms with E-state index in [2.05, 4.69) is 33.2 Å². The lowest BCUT2D eigenvalue weighted by atomic mass is 10.2. The van der Waals surface area contributed by atoms with Crippen molar-refractivity contribution >= 4 is 29.4 Å². The van der Waals surface area contributed by atoms with E-state index >= 15 is 0 Å². The number of hydrogen-bond acceptors (Lipinski definition) is 5. The second-order valence-electron chi connectivity index (χ2n) is 7.44. The lowest BCUT2D eigenvalue weighted by Gasteiger charge is -2.30. The number of hydrogen-bond donors (Lipinski definition) is 3. The number of benzene rings is 1. The number of rotatable bonds is 7. The molecule has 28 heavy (non-hydrogen) atoms. The summed E-state index contributed by atoms with van der Waals surface area (Å²) in [6.45, 7) is 1.97. The van der Waals surface area contributed by atoms with Crippen LogP contribution >= 0.6 is 11.8 Å². The Labute approximate surface area is 168 Å². The van der Waals surface area contributed by atoms with Crippen molar-refractivity contribution in [2.75, 3.05) is 11.1 Å². The maximum absolute atomic E-state index is 12.5. The van der Waals surface area contributed by atoms with Gasteiger partial charge in [-0.05, 0) is 25.3 Å². The molecule has 1 aliphatic carbocycles. The van der Waals surface area contributed by atoms with Gasteiger partial charge < -0.3 is 10.6 Å². The minimum absolute atomic E-state index is 0.0181. The Balaban J connectivity index is 1.41. The van der Waals surface area contributed by atoms with Crippen LogP contribution in [0.2, 0.25) is 0 Å². The van der Waals surface area contributed by atoms with E-state index in [0.29, 0.717) is 23.9 Å². The third-order valence-electron chi connectivity index (χ3n) is 4.84. The number of nitrogens with zero attached hydrogens (tertiary/aromatic N) is 2. The Morgan fingerprint density at radius 2 is 2.11 bits per heavy atom. The second-order valence-corrected chi connectivity index (χ2v) is 8.43. The molecule has 4 rings (SSSR count). The summed E-state index contributed by atoms with van der Waals surface area (Å²) in [6.07, 6.45) is 2.23. The Morgan fingerprint density at radius 3 is 2.82 bits per heavy atom. The Bertz CT molecular complexity index is 850. The molecule has 0 spiro atoms. The van der Waals surface area contributed by atoms with Crippen LogP contribution in [0, 0.1) is 0 Å². The molecule has 0 radical (unpaired) electrons. The maximum Gasteiger partial charge on any atom is 0.235 e. The molecule has 0 bridgehead atoms. The average Bonchev–Trinajstić information content (AvgIpc) is 3.43. The summed E-state index contributed by atoms with van der Waals surface area (Å²) >= 11 is 1.57. The summed E-state index contributed by atoms with van der Waals surface area (Å²) in [6, 6.07) is 12.1. The maximum atomic E-state index is 12.5. The van der Waals surface area contributed by atoms with E-state index in [1.54, 1.807) is 16.4 Å². The van der Waals surface area contributed by atoms with Gasteiger partial charge in [0, 0.05) is 30.2 Å². The van der Waals surface area contributed by atoms with Crippen LogP contribution in [0.1, 0.15) is 49.7 Å². The van der Waals surface area contributed by atoms with Gasteiger partial charge in [-0.2, -0.15) is 5.10 Å². The van der Waals surface area contributed by atoms with Crippen molar-refractivity contribution in [3.05, 3.63) is 47.7 Å². The van der Waals surface area contributed by atoms with Crippen molar-refractivity contribution in [1.82, 2.24) is 20.4 Å². The molecule has 1 saturated heterocycles. The number of nitrogens with one attached hydrogen (secondary N) is 3. The Kier molecular flexibility index (Phi) is 5.68. The van der Waals surface area contributed by atoms with E-state index in [9.17, 15) is 9.59 Å². The summed E-state index contributed by atoms with van der Waals surface area (Å²) in [7, 11) is 0. The smallest absolute Gasteiger partial charge is 0.235 e. The molecule has 2 heterocycles. The highest BCUT2D eigenvalue weighted by molar-refractivity contribution is 7.99. The first-order valence-corrected chi connectivity index (χ1v) is 10.8. The normalized spacial score (nSPS) is 22.0. The molecule has 1 saturated carbocycles. The van der Waals surface area contributed by atoms with E-state index < -0.39 is 6.29 Å². The summed E-state index contributed by atoms with van der Waals surface area (Å²) in [4.78, 5) is 24.4. The van der Waals surface area contributed by atoms with Gasteiger partial charge in [-0.3, -0.25) is 14.9 Å². The van der Waals surface area contributed by atoms with Gasteiger partial charge in [0.1, 0.15) is 5.82 Å². The van der Waals surface area contributed by atoms with Crippen LogP contribution in [0.3, 0.4) is 0 Å². The molecule has 148 valence electrons. The molecule has 2 unspecified atom stereocenters. The number of aromatic nitrogens is 2. The first-order valence-electron chi connectivity index (χ1n) is 9.65. The fourth-order valence-corrected chi connectivity index (χ4v) is 4.08. The summed E-state index contributed by atoms with van der Waals surface area (Å²) in [5.41, 5.74) is 2.17. The number of carbonyl (C=O) groups excluding carboxylic acids is 2. The van der Waals surface area contributed by atoms with Gasteiger partial charge in [-0.15, -0.1) is 11.8 Å². The lowest BCUT2D eigenvalue weighted by Crippen LogP contribution is -2.52. The molecular formula is C20H25N5O2S. The largest absolute Gasteiger partial charge is 0.322 e. The molecular weight excluding hydrogens is 374 g/mol. The van der Waals surface area contributed by atoms with Gasteiger partial charge in [0.05, 0.1) is 11.4 Å². The van der Waals surface area contributed by atoms with E-state index in [0.717, 1.165) is 24.3 Å². The van der Waals surface area contributed by atoms with Gasteiger partial charge in [-0.25, -0.2) is 4.68 Å². The van der Waals surface area contributed by atoms with Crippen LogP contribution in [0.15, 0.2) is 36.4 Å². The van der Waals surface area contributed by atoms with Gasteiger partial charge >= 0.3 is 0 Å². The summed E-state index contributed by atoms with van der Waals surface area (Å²) in [5.74, 6) is 2.15. The predicted octanol–water partition coefficient (Wildman–Crippen LogP) is 2.59. The van der Waals surface area contributed by atoms with Crippen LogP contribution in [0.25, 0.3) is 0 Å². The van der Waals surface area contributed by atoms with Gasteiger partial charge in [0.15, 0.2) is 6.29 Å². The zero-order chi connectivity index (χ0) is 19.5. The van der Waals surface area contributed by atoms with E-state index in [1.807, 2.05) is 31.2 Å². The average molecular weight is 400 g/mol. The second kappa shape index (κ2) is 8.36. The lowest BCUT2D eigenvalue weighted by molar-refractivity contribution is -0.125. The quantitative estimate of drug-likeness (QED) is 0.666. The fourth-order valence-electron chi connectivity index (χ4n) is 3.29. The van der Waals surface area contributed by atoms with E-state index in [1.165, 1.54) is 5.56 Å². The number of anilines is 1. The van der Waals surface area contributed by atoms with Crippen molar-refractivity contribution in [1.29, 1.82) is 0 Å². The van der Waals surface area contributed by atoms with Crippen LogP contribution in [-0.2, 0) is 15.3 Å². The number of amides is 2. The van der Waals surface area contributed by atoms with Crippen LogP contribution in [0.5, 0.6) is 0 Å². The third-order valence-corrected chi connectivity index (χ3v) is 5.84. The van der Waals surface area contributed by atoms with Crippen molar-refractivity contribution in [2.24, 2.45) is 0 Å². The molecule has 1 aliphatic heterocycles. The zero-order valence-electron chi connectivity index (χ0n) is 15.9. The molecule has 2 aliphatic rings. The molecule has 2 amide bonds. The van der Waals surface area contributed by atoms with Crippen molar-refractivity contribution in [3.63, 3.8) is 0 Å². The number of thioether (sulfide) groups is 1. The Hall–Kier alpha value is -2.32. The van der Waals surface area contributed by atoms with E-state index in [-0.39, 0.29) is 17.9 Å². The molecule has 3 N–H and O–H groups in total. The molecule has 2 atom stereocenters. The molecule has 8 heteroatoms. The topological polar surface area (TPSA) is 88.1 Å². The summed E-state index contributed by atoms with van der Waals surface area (Å²) in [5, 5.41) is 13.9. The van der Waals surface area contributed by atoms with E-state index in [4.69, 9.17) is 0 Å². The third kappa shape index (κ3) is 4.74. The fraction of sp³-hybridized carbons (Fsp3) is 0.450. The molecule has 7 nitrogen and oxygen atoms in total. The standard InChI is InChI=1S/C20H25N5O2S/c1-13-9-18(26)23-20(21-13)25-17(10-16(24-25)15-7-8-15)22-19(27)12-28-11-14-5-3-2-4-6-14/h2-6,10,13,15,20-21H,7-9,11-12H2,1H3,(H,22,27)(H,23,26). The minimum Gasteiger partial charge on any atom is -0.322 e. The van der Waals surface area contributed by atoms with Gasteiger partial charge in [-0.1, -0.05) is 30.3 Å². The monoisotopic (exact) mass is 399 g/mol. The van der Waals surface area contributed by atoms with Gasteiger partial charge in [0.2, 0.25) is 11.8 Å². The molecule has 2 aromatic rings. The number of carbonyl (C=O) groups is 2. The van der Waals surface area contributed by atoms with Crippen molar-refractivity contribution < 1.29 is 9.59 Å². The van der Waals surface area contributed by atoms with Crippen molar-refractivity contribution in [2.45, 2.75) is 50.2 Å². The molecule has 2 fully saturated rings.